The van der Waals surface area contributed by atoms with Crippen LogP contribution in [-0.2, 0) is 19.7 Å². The molecular formula is C14H19N3O3. The minimum atomic E-state index is -0.150. The lowest BCUT2D eigenvalue weighted by atomic mass is 10.1. The summed E-state index contributed by atoms with van der Waals surface area (Å²) >= 11 is 0. The van der Waals surface area contributed by atoms with E-state index in [0.717, 1.165) is 17.0 Å². The summed E-state index contributed by atoms with van der Waals surface area (Å²) in [4.78, 5) is 4.03. The number of hydrogen-bond acceptors (Lipinski definition) is 6. The average molecular weight is 277 g/mol. The van der Waals surface area contributed by atoms with E-state index >= 15 is 0 Å². The monoisotopic (exact) mass is 277 g/mol. The Morgan fingerprint density at radius 1 is 1.15 bits per heavy atom. The zero-order valence-corrected chi connectivity index (χ0v) is 11.9. The molecule has 0 aliphatic rings. The minimum absolute atomic E-state index is 0.128. The van der Waals surface area contributed by atoms with E-state index in [2.05, 4.69) is 15.5 Å². The van der Waals surface area contributed by atoms with Gasteiger partial charge in [-0.05, 0) is 20.8 Å². The molecule has 2 heterocycles. The number of pyridine rings is 1. The highest BCUT2D eigenvalue weighted by atomic mass is 16.5. The van der Waals surface area contributed by atoms with Crippen LogP contribution in [0.5, 0.6) is 5.75 Å². The van der Waals surface area contributed by atoms with Crippen LogP contribution >= 0.6 is 0 Å². The lowest BCUT2D eigenvalue weighted by Gasteiger charge is -2.12. The molecule has 2 rings (SSSR count). The number of aliphatic hydroxyl groups excluding tert-OH is 1. The van der Waals surface area contributed by atoms with Crippen molar-refractivity contribution in [2.24, 2.45) is 0 Å². The Hall–Kier alpha value is -1.92. The zero-order valence-electron chi connectivity index (χ0n) is 11.9. The molecule has 0 unspecified atom stereocenters. The summed E-state index contributed by atoms with van der Waals surface area (Å²) in [6.45, 7) is 6.37. The smallest absolute Gasteiger partial charge is 0.141 e. The van der Waals surface area contributed by atoms with Crippen molar-refractivity contribution in [3.63, 3.8) is 0 Å². The van der Waals surface area contributed by atoms with Crippen molar-refractivity contribution in [2.45, 2.75) is 40.5 Å². The Labute approximate surface area is 117 Å². The maximum absolute atomic E-state index is 10.0. The minimum Gasteiger partial charge on any atom is -0.506 e. The number of nitrogens with zero attached hydrogens (tertiary/aromatic N) is 2. The molecule has 0 bridgehead atoms. The molecule has 0 saturated carbocycles. The predicted octanol–water partition coefficient (Wildman–Crippen LogP) is 1.48. The predicted molar refractivity (Wildman–Crippen MR) is 73.1 cm³/mol. The van der Waals surface area contributed by atoms with Crippen molar-refractivity contribution in [1.82, 2.24) is 15.5 Å². The van der Waals surface area contributed by atoms with Gasteiger partial charge in [0.25, 0.3) is 0 Å². The van der Waals surface area contributed by atoms with Gasteiger partial charge >= 0.3 is 0 Å². The Morgan fingerprint density at radius 3 is 2.45 bits per heavy atom. The summed E-state index contributed by atoms with van der Waals surface area (Å²) in [5, 5.41) is 26.5. The maximum atomic E-state index is 10.0. The second kappa shape index (κ2) is 6.02. The van der Waals surface area contributed by atoms with E-state index in [-0.39, 0.29) is 12.4 Å². The molecule has 0 aromatic carbocycles. The van der Waals surface area contributed by atoms with Crippen LogP contribution < -0.4 is 5.32 Å². The fourth-order valence-corrected chi connectivity index (χ4v) is 2.08. The second-order valence-electron chi connectivity index (χ2n) is 4.76. The van der Waals surface area contributed by atoms with Gasteiger partial charge < -0.3 is 20.1 Å². The zero-order chi connectivity index (χ0) is 14.7. The summed E-state index contributed by atoms with van der Waals surface area (Å²) in [7, 11) is 0. The van der Waals surface area contributed by atoms with E-state index in [4.69, 9.17) is 4.52 Å². The summed E-state index contributed by atoms with van der Waals surface area (Å²) in [5.74, 6) is 0.912. The first-order valence-electron chi connectivity index (χ1n) is 6.44. The summed E-state index contributed by atoms with van der Waals surface area (Å²) < 4.78 is 5.10. The van der Waals surface area contributed by atoms with Gasteiger partial charge in [0.2, 0.25) is 0 Å². The number of hydrogen-bond donors (Lipinski definition) is 3. The molecule has 2 aromatic rings. The molecule has 2 aromatic heterocycles. The normalized spacial score (nSPS) is 11.0. The number of nitrogens with one attached hydrogen (secondary N) is 1. The molecule has 3 N–H and O–H groups in total. The first-order valence-corrected chi connectivity index (χ1v) is 6.44. The van der Waals surface area contributed by atoms with Crippen LogP contribution in [0.4, 0.5) is 0 Å². The molecule has 0 atom stereocenters. The highest BCUT2D eigenvalue weighted by Gasteiger charge is 2.12. The van der Waals surface area contributed by atoms with Gasteiger partial charge in [-0.3, -0.25) is 4.98 Å². The fourth-order valence-electron chi connectivity index (χ4n) is 2.08. The van der Waals surface area contributed by atoms with Gasteiger partial charge in [0.15, 0.2) is 0 Å². The standard InChI is InChI=1S/C14H19N3O3/c1-8-12(10(3)20-17-8)5-15-6-13-11(7-18)4-16-9(2)14(13)19/h4,15,18-19H,5-7H2,1-3H3. The Morgan fingerprint density at radius 2 is 1.85 bits per heavy atom. The van der Waals surface area contributed by atoms with Crippen molar-refractivity contribution < 1.29 is 14.7 Å². The van der Waals surface area contributed by atoms with Gasteiger partial charge in [-0.25, -0.2) is 0 Å². The van der Waals surface area contributed by atoms with Gasteiger partial charge in [-0.2, -0.15) is 0 Å². The van der Waals surface area contributed by atoms with Crippen LogP contribution in [0.15, 0.2) is 10.7 Å². The molecule has 20 heavy (non-hydrogen) atoms. The van der Waals surface area contributed by atoms with Crippen LogP contribution in [-0.4, -0.2) is 20.4 Å². The Balaban J connectivity index is 2.10. The van der Waals surface area contributed by atoms with Crippen LogP contribution in [0.3, 0.4) is 0 Å². The van der Waals surface area contributed by atoms with E-state index in [0.29, 0.717) is 29.9 Å². The lowest BCUT2D eigenvalue weighted by Crippen LogP contribution is -2.15. The van der Waals surface area contributed by atoms with Gasteiger partial charge in [0.05, 0.1) is 18.0 Å². The second-order valence-corrected chi connectivity index (χ2v) is 4.76. The Bertz CT molecular complexity index is 588. The first kappa shape index (κ1) is 14.5. The van der Waals surface area contributed by atoms with E-state index in [1.54, 1.807) is 13.1 Å². The molecule has 0 aliphatic carbocycles. The number of rotatable bonds is 5. The molecule has 6 heteroatoms. The summed E-state index contributed by atoms with van der Waals surface area (Å²) in [6, 6.07) is 0. The first-order chi connectivity index (χ1) is 9.54. The van der Waals surface area contributed by atoms with Crippen molar-refractivity contribution in [1.29, 1.82) is 0 Å². The molecule has 6 nitrogen and oxygen atoms in total. The molecule has 0 fully saturated rings. The number of aliphatic hydroxyl groups is 1. The van der Waals surface area contributed by atoms with Gasteiger partial charge in [-0.15, -0.1) is 0 Å². The Kier molecular flexibility index (Phi) is 4.36. The third kappa shape index (κ3) is 2.81. The third-order valence-electron chi connectivity index (χ3n) is 3.39. The maximum Gasteiger partial charge on any atom is 0.141 e. The van der Waals surface area contributed by atoms with Crippen LogP contribution in [0.1, 0.15) is 33.8 Å². The highest BCUT2D eigenvalue weighted by Crippen LogP contribution is 2.23. The van der Waals surface area contributed by atoms with Crippen molar-refractivity contribution in [2.75, 3.05) is 0 Å². The third-order valence-corrected chi connectivity index (χ3v) is 3.39. The average Bonchev–Trinajstić information content (AvgIpc) is 2.75. The van der Waals surface area contributed by atoms with Crippen molar-refractivity contribution in [3.05, 3.63) is 40.0 Å². The molecule has 0 saturated heterocycles. The molecule has 108 valence electrons. The molecule has 0 radical (unpaired) electrons. The summed E-state index contributed by atoms with van der Waals surface area (Å²) in [5.41, 5.74) is 3.72. The molecular weight excluding hydrogens is 258 g/mol. The van der Waals surface area contributed by atoms with Crippen LogP contribution in [0.2, 0.25) is 0 Å². The van der Waals surface area contributed by atoms with Crippen molar-refractivity contribution >= 4 is 0 Å². The topological polar surface area (TPSA) is 91.4 Å². The van der Waals surface area contributed by atoms with Crippen molar-refractivity contribution in [3.8, 4) is 5.75 Å². The van der Waals surface area contributed by atoms with Gasteiger partial charge in [0, 0.05) is 36.0 Å². The SMILES string of the molecule is Cc1ncc(CO)c(CNCc2c(C)noc2C)c1O. The number of aromatic nitrogens is 2. The molecule has 0 amide bonds. The lowest BCUT2D eigenvalue weighted by molar-refractivity contribution is 0.278. The van der Waals surface area contributed by atoms with E-state index in [1.807, 2.05) is 13.8 Å². The quantitative estimate of drug-likeness (QED) is 0.767. The van der Waals surface area contributed by atoms with Gasteiger partial charge in [-0.1, -0.05) is 5.16 Å². The van der Waals surface area contributed by atoms with E-state index < -0.39 is 0 Å². The number of aryl methyl sites for hydroxylation is 3. The highest BCUT2D eigenvalue weighted by molar-refractivity contribution is 5.40. The number of aromatic hydroxyl groups is 1. The molecule has 0 aliphatic heterocycles. The van der Waals surface area contributed by atoms with Crippen LogP contribution in [0, 0.1) is 20.8 Å². The largest absolute Gasteiger partial charge is 0.506 e. The van der Waals surface area contributed by atoms with E-state index in [9.17, 15) is 10.2 Å². The fraction of sp³-hybridized carbons (Fsp3) is 0.429. The van der Waals surface area contributed by atoms with E-state index in [1.165, 1.54) is 0 Å². The summed E-state index contributed by atoms with van der Waals surface area (Å²) in [6.07, 6.45) is 1.59. The molecule has 0 spiro atoms. The van der Waals surface area contributed by atoms with Crippen LogP contribution in [0.25, 0.3) is 0 Å². The van der Waals surface area contributed by atoms with Gasteiger partial charge in [0.1, 0.15) is 11.5 Å².